The Kier molecular flexibility index (Phi) is 7.05. The van der Waals surface area contributed by atoms with E-state index in [0.29, 0.717) is 12.2 Å². The van der Waals surface area contributed by atoms with Gasteiger partial charge in [0.15, 0.2) is 8.32 Å². The predicted octanol–water partition coefficient (Wildman–Crippen LogP) is 4.64. The Morgan fingerprint density at radius 2 is 1.92 bits per heavy atom. The van der Waals surface area contributed by atoms with Crippen molar-refractivity contribution in [1.29, 1.82) is 0 Å². The normalized spacial score (nSPS) is 18.7. The molecule has 0 saturated carbocycles. The smallest absolute Gasteiger partial charge is 0.357 e. The first kappa shape index (κ1) is 20.7. The number of piperidine rings is 1. The van der Waals surface area contributed by atoms with Crippen molar-refractivity contribution in [1.82, 2.24) is 5.06 Å². The zero-order chi connectivity index (χ0) is 19.2. The van der Waals surface area contributed by atoms with E-state index in [4.69, 9.17) is 9.26 Å². The van der Waals surface area contributed by atoms with Crippen LogP contribution in [0.3, 0.4) is 0 Å². The van der Waals surface area contributed by atoms with Gasteiger partial charge in [0.25, 0.3) is 0 Å². The van der Waals surface area contributed by atoms with Gasteiger partial charge in [-0.25, -0.2) is 4.79 Å². The van der Waals surface area contributed by atoms with E-state index < -0.39 is 8.32 Å². The average Bonchev–Trinajstić information content (AvgIpc) is 2.59. The summed E-state index contributed by atoms with van der Waals surface area (Å²) in [6, 6.07) is 9.03. The van der Waals surface area contributed by atoms with Gasteiger partial charge in [-0.3, -0.25) is 0 Å². The van der Waals surface area contributed by atoms with Gasteiger partial charge in [0.1, 0.15) is 6.04 Å². The lowest BCUT2D eigenvalue weighted by molar-refractivity contribution is -0.136. The summed E-state index contributed by atoms with van der Waals surface area (Å²) in [5.74, 6) is 6.08. The minimum atomic E-state index is -1.78. The highest BCUT2D eigenvalue weighted by molar-refractivity contribution is 6.74. The molecule has 1 aromatic rings. The summed E-state index contributed by atoms with van der Waals surface area (Å²) in [6.07, 6.45) is 3.03. The molecule has 1 atom stereocenters. The van der Waals surface area contributed by atoms with Gasteiger partial charge in [-0.05, 0) is 49.5 Å². The highest BCUT2D eigenvalue weighted by Crippen LogP contribution is 2.36. The number of nitrogens with zero attached hydrogens (tertiary/aromatic N) is 1. The van der Waals surface area contributed by atoms with Crippen LogP contribution in [-0.4, -0.2) is 38.5 Å². The molecule has 1 heterocycles. The van der Waals surface area contributed by atoms with Crippen LogP contribution in [0.15, 0.2) is 30.3 Å². The topological polar surface area (TPSA) is 38.8 Å². The van der Waals surface area contributed by atoms with Gasteiger partial charge >= 0.3 is 5.97 Å². The van der Waals surface area contributed by atoms with E-state index in [2.05, 4.69) is 45.7 Å². The predicted molar refractivity (Wildman–Crippen MR) is 107 cm³/mol. The van der Waals surface area contributed by atoms with Crippen LogP contribution in [0.2, 0.25) is 18.1 Å². The van der Waals surface area contributed by atoms with E-state index in [1.54, 1.807) is 17.2 Å². The fraction of sp³-hybridized carbons (Fsp3) is 0.571. The Hall–Kier alpha value is -1.61. The number of carbonyl (C=O) groups excluding carboxylic acids is 1. The molecule has 1 aliphatic heterocycles. The molecule has 26 heavy (non-hydrogen) atoms. The molecule has 1 fully saturated rings. The van der Waals surface area contributed by atoms with Crippen LogP contribution < -0.4 is 0 Å². The van der Waals surface area contributed by atoms with Crippen LogP contribution in [0.5, 0.6) is 0 Å². The maximum absolute atomic E-state index is 12.3. The minimum absolute atomic E-state index is 0.0561. The second kappa shape index (κ2) is 8.85. The van der Waals surface area contributed by atoms with Crippen LogP contribution in [0.4, 0.5) is 0 Å². The van der Waals surface area contributed by atoms with E-state index in [0.717, 1.165) is 25.8 Å². The summed E-state index contributed by atoms with van der Waals surface area (Å²) >= 11 is 0. The lowest BCUT2D eigenvalue weighted by Crippen LogP contribution is -2.41. The molecule has 2 rings (SSSR count). The van der Waals surface area contributed by atoms with Gasteiger partial charge in [-0.15, -0.1) is 5.06 Å². The summed E-state index contributed by atoms with van der Waals surface area (Å²) in [5, 5.41) is 1.91. The standard InChI is InChI=1S/C21H31NO3Si/c1-21(2,3)26(4,5)24-17-11-15-19-14-9-10-16-22(19)25-20(23)18-12-7-6-8-13-18/h6-8,12-13,19H,9-10,14,16-17H2,1-5H3. The van der Waals surface area contributed by atoms with Gasteiger partial charge in [-0.1, -0.05) is 50.8 Å². The number of hydroxylamine groups is 2. The van der Waals surface area contributed by atoms with Crippen LogP contribution >= 0.6 is 0 Å². The molecule has 0 aromatic heterocycles. The van der Waals surface area contributed by atoms with Crippen molar-refractivity contribution in [3.63, 3.8) is 0 Å². The Labute approximate surface area is 159 Å². The van der Waals surface area contributed by atoms with Gasteiger partial charge in [-0.2, -0.15) is 0 Å². The highest BCUT2D eigenvalue weighted by atomic mass is 28.4. The molecule has 142 valence electrons. The van der Waals surface area contributed by atoms with Crippen molar-refractivity contribution < 1.29 is 14.1 Å². The summed E-state index contributed by atoms with van der Waals surface area (Å²) in [7, 11) is -1.78. The fourth-order valence-electron chi connectivity index (χ4n) is 2.48. The van der Waals surface area contributed by atoms with Gasteiger partial charge in [0, 0.05) is 6.54 Å². The minimum Gasteiger partial charge on any atom is -0.406 e. The molecule has 0 N–H and O–H groups in total. The van der Waals surface area contributed by atoms with Crippen LogP contribution in [-0.2, 0) is 9.26 Å². The van der Waals surface area contributed by atoms with Gasteiger partial charge in [0.2, 0.25) is 0 Å². The molecule has 1 aromatic carbocycles. The maximum Gasteiger partial charge on any atom is 0.357 e. The van der Waals surface area contributed by atoms with Crippen molar-refractivity contribution in [2.45, 2.75) is 64.2 Å². The van der Waals surface area contributed by atoms with Gasteiger partial charge < -0.3 is 9.26 Å². The Morgan fingerprint density at radius 1 is 1.23 bits per heavy atom. The number of benzene rings is 1. The highest BCUT2D eigenvalue weighted by Gasteiger charge is 2.36. The summed E-state index contributed by atoms with van der Waals surface area (Å²) in [4.78, 5) is 17.9. The van der Waals surface area contributed by atoms with Crippen molar-refractivity contribution in [3.8, 4) is 11.8 Å². The molecule has 1 unspecified atom stereocenters. The van der Waals surface area contributed by atoms with E-state index in [-0.39, 0.29) is 17.0 Å². The van der Waals surface area contributed by atoms with E-state index >= 15 is 0 Å². The third-order valence-corrected chi connectivity index (χ3v) is 9.72. The quantitative estimate of drug-likeness (QED) is 0.569. The molecule has 0 spiro atoms. The third kappa shape index (κ3) is 5.70. The van der Waals surface area contributed by atoms with Crippen molar-refractivity contribution >= 4 is 14.3 Å². The maximum atomic E-state index is 12.3. The van der Waals surface area contributed by atoms with Crippen LogP contribution in [0.1, 0.15) is 50.4 Å². The first-order valence-corrected chi connectivity index (χ1v) is 12.3. The Bertz CT molecular complexity index is 655. The van der Waals surface area contributed by atoms with Crippen LogP contribution in [0, 0.1) is 11.8 Å². The number of rotatable bonds is 4. The SMILES string of the molecule is CC(C)(C)[Si](C)(C)OCC#CC1CCCCN1OC(=O)c1ccccc1. The largest absolute Gasteiger partial charge is 0.406 e. The monoisotopic (exact) mass is 373 g/mol. The first-order valence-electron chi connectivity index (χ1n) is 9.37. The van der Waals surface area contributed by atoms with Crippen molar-refractivity contribution in [2.24, 2.45) is 0 Å². The first-order chi connectivity index (χ1) is 12.2. The Morgan fingerprint density at radius 3 is 2.58 bits per heavy atom. The van der Waals surface area contributed by atoms with Gasteiger partial charge in [0.05, 0.1) is 12.2 Å². The van der Waals surface area contributed by atoms with E-state index in [1.165, 1.54) is 0 Å². The number of hydrogen-bond donors (Lipinski definition) is 0. The lowest BCUT2D eigenvalue weighted by Gasteiger charge is -2.35. The second-order valence-corrected chi connectivity index (χ2v) is 13.1. The molecule has 1 saturated heterocycles. The molecule has 4 nitrogen and oxygen atoms in total. The average molecular weight is 374 g/mol. The molecule has 5 heteroatoms. The third-order valence-electron chi connectivity index (χ3n) is 5.24. The zero-order valence-corrected chi connectivity index (χ0v) is 17.7. The number of hydrogen-bond acceptors (Lipinski definition) is 4. The Balaban J connectivity index is 1.94. The van der Waals surface area contributed by atoms with Crippen LogP contribution in [0.25, 0.3) is 0 Å². The van der Waals surface area contributed by atoms with Crippen molar-refractivity contribution in [3.05, 3.63) is 35.9 Å². The molecule has 0 aliphatic carbocycles. The molecule has 0 amide bonds. The molecule has 0 radical (unpaired) electrons. The summed E-state index contributed by atoms with van der Waals surface area (Å²) < 4.78 is 6.11. The second-order valence-electron chi connectivity index (χ2n) is 8.27. The molecular formula is C21H31NO3Si. The van der Waals surface area contributed by atoms with Crippen molar-refractivity contribution in [2.75, 3.05) is 13.2 Å². The molecule has 0 bridgehead atoms. The summed E-state index contributed by atoms with van der Waals surface area (Å²) in [5.41, 5.74) is 0.561. The molecular weight excluding hydrogens is 342 g/mol. The lowest BCUT2D eigenvalue weighted by atomic mass is 10.1. The summed E-state index contributed by atoms with van der Waals surface area (Å²) in [6.45, 7) is 12.3. The van der Waals surface area contributed by atoms with E-state index in [1.807, 2.05) is 18.2 Å². The van der Waals surface area contributed by atoms with E-state index in [9.17, 15) is 4.79 Å². The fourth-order valence-corrected chi connectivity index (χ4v) is 3.35. The number of carbonyl (C=O) groups is 1. The zero-order valence-electron chi connectivity index (χ0n) is 16.7. The molecule has 1 aliphatic rings.